The van der Waals surface area contributed by atoms with E-state index in [4.69, 9.17) is 9.94 Å². The van der Waals surface area contributed by atoms with Crippen LogP contribution in [-0.4, -0.2) is 27.1 Å². The first-order chi connectivity index (χ1) is 9.61. The predicted octanol–water partition coefficient (Wildman–Crippen LogP) is 2.78. The molecule has 0 saturated heterocycles. The van der Waals surface area contributed by atoms with Gasteiger partial charge in [0, 0.05) is 18.0 Å². The molecule has 1 N–H and O–H groups in total. The molecule has 0 radical (unpaired) electrons. The van der Waals surface area contributed by atoms with E-state index >= 15 is 0 Å². The molecule has 0 unspecified atom stereocenters. The van der Waals surface area contributed by atoms with Crippen LogP contribution in [0.3, 0.4) is 0 Å². The van der Waals surface area contributed by atoms with Crippen LogP contribution in [0.2, 0.25) is 0 Å². The highest BCUT2D eigenvalue weighted by molar-refractivity contribution is 6.00. The Balaban J connectivity index is 2.09. The molecule has 0 amide bonds. The number of aromatic nitrogens is 2. The van der Waals surface area contributed by atoms with E-state index in [9.17, 15) is 0 Å². The van der Waals surface area contributed by atoms with E-state index in [-0.39, 0.29) is 0 Å². The van der Waals surface area contributed by atoms with Gasteiger partial charge in [0.15, 0.2) is 0 Å². The Labute approximate surface area is 118 Å². The highest BCUT2D eigenvalue weighted by Crippen LogP contribution is 2.21. The van der Waals surface area contributed by atoms with Gasteiger partial charge in [0.2, 0.25) is 0 Å². The summed E-state index contributed by atoms with van der Waals surface area (Å²) in [5.74, 6) is 1.70. The van der Waals surface area contributed by atoms with E-state index in [1.54, 1.807) is 13.1 Å². The molecule has 0 saturated carbocycles. The number of aryl methyl sites for hydroxylation is 2. The number of rotatable bonds is 5. The van der Waals surface area contributed by atoms with Crippen molar-refractivity contribution in [3.63, 3.8) is 0 Å². The minimum atomic E-state index is 0.534. The molecular formula is C15H19N3O2. The highest BCUT2D eigenvalue weighted by atomic mass is 16.5. The van der Waals surface area contributed by atoms with Crippen molar-refractivity contribution in [3.05, 3.63) is 47.5 Å². The summed E-state index contributed by atoms with van der Waals surface area (Å²) in [5.41, 5.74) is 2.45. The van der Waals surface area contributed by atoms with Gasteiger partial charge in [-0.15, -0.1) is 0 Å². The van der Waals surface area contributed by atoms with E-state index < -0.39 is 0 Å². The van der Waals surface area contributed by atoms with Crippen LogP contribution >= 0.6 is 0 Å². The minimum Gasteiger partial charge on any atom is -0.491 e. The lowest BCUT2D eigenvalue weighted by atomic mass is 10.1. The lowest BCUT2D eigenvalue weighted by molar-refractivity contribution is 0.295. The summed E-state index contributed by atoms with van der Waals surface area (Å²) >= 11 is 0. The molecule has 0 spiro atoms. The third-order valence-corrected chi connectivity index (χ3v) is 3.19. The number of hydrogen-bond acceptors (Lipinski definition) is 4. The minimum absolute atomic E-state index is 0.534. The van der Waals surface area contributed by atoms with Gasteiger partial charge in [0.25, 0.3) is 0 Å². The van der Waals surface area contributed by atoms with Crippen LogP contribution in [0.5, 0.6) is 5.75 Å². The van der Waals surface area contributed by atoms with Crippen molar-refractivity contribution in [2.45, 2.75) is 27.3 Å². The van der Waals surface area contributed by atoms with Gasteiger partial charge in [-0.1, -0.05) is 11.2 Å². The molecule has 1 aromatic carbocycles. The first-order valence-electron chi connectivity index (χ1n) is 6.52. The quantitative estimate of drug-likeness (QED) is 0.517. The second kappa shape index (κ2) is 6.23. The van der Waals surface area contributed by atoms with Gasteiger partial charge >= 0.3 is 0 Å². The van der Waals surface area contributed by atoms with Crippen molar-refractivity contribution in [2.24, 2.45) is 5.16 Å². The Hall–Kier alpha value is -2.30. The second-order valence-corrected chi connectivity index (χ2v) is 4.70. The largest absolute Gasteiger partial charge is 0.491 e. The summed E-state index contributed by atoms with van der Waals surface area (Å²) in [6.07, 6.45) is 3.70. The van der Waals surface area contributed by atoms with Crippen molar-refractivity contribution >= 4 is 5.71 Å². The molecule has 0 atom stereocenters. The van der Waals surface area contributed by atoms with Crippen LogP contribution in [0.15, 0.2) is 35.7 Å². The molecule has 106 valence electrons. The molecule has 0 aliphatic carbocycles. The molecule has 2 aromatic rings. The van der Waals surface area contributed by atoms with Crippen LogP contribution in [0, 0.1) is 13.8 Å². The maximum atomic E-state index is 8.91. The number of hydrogen-bond donors (Lipinski definition) is 1. The van der Waals surface area contributed by atoms with Crippen LogP contribution in [0.1, 0.15) is 23.9 Å². The Morgan fingerprint density at radius 2 is 2.20 bits per heavy atom. The summed E-state index contributed by atoms with van der Waals surface area (Å²) in [6, 6.07) is 5.82. The first kappa shape index (κ1) is 14.1. The number of nitrogens with zero attached hydrogens (tertiary/aromatic N) is 3. The third kappa shape index (κ3) is 3.17. The van der Waals surface area contributed by atoms with Crippen molar-refractivity contribution in [3.8, 4) is 5.75 Å². The molecule has 0 aliphatic heterocycles. The predicted molar refractivity (Wildman–Crippen MR) is 77.6 cm³/mol. The number of ether oxygens (including phenoxy) is 1. The Bertz CT molecular complexity index is 617. The molecule has 2 rings (SSSR count). The Morgan fingerprint density at radius 1 is 1.40 bits per heavy atom. The van der Waals surface area contributed by atoms with Crippen LogP contribution in [0.25, 0.3) is 0 Å². The lowest BCUT2D eigenvalue weighted by Gasteiger charge is -2.12. The van der Waals surface area contributed by atoms with Crippen LogP contribution in [0.4, 0.5) is 0 Å². The fourth-order valence-corrected chi connectivity index (χ4v) is 2.00. The zero-order chi connectivity index (χ0) is 14.5. The SMILES string of the molecule is CC(=NO)c1ccc(C)cc1OCCn1ccnc1C. The average Bonchev–Trinajstić information content (AvgIpc) is 2.84. The number of imidazole rings is 1. The molecule has 1 aromatic heterocycles. The first-order valence-corrected chi connectivity index (χ1v) is 6.52. The topological polar surface area (TPSA) is 59.6 Å². The van der Waals surface area contributed by atoms with Crippen LogP contribution in [-0.2, 0) is 6.54 Å². The van der Waals surface area contributed by atoms with Gasteiger partial charge in [0.1, 0.15) is 18.2 Å². The van der Waals surface area contributed by atoms with E-state index in [0.29, 0.717) is 12.3 Å². The fourth-order valence-electron chi connectivity index (χ4n) is 2.00. The molecule has 0 bridgehead atoms. The molecule has 1 heterocycles. The van der Waals surface area contributed by atoms with Crippen LogP contribution < -0.4 is 4.74 Å². The third-order valence-electron chi connectivity index (χ3n) is 3.19. The molecule has 0 fully saturated rings. The smallest absolute Gasteiger partial charge is 0.128 e. The summed E-state index contributed by atoms with van der Waals surface area (Å²) < 4.78 is 7.86. The molecule has 0 aliphatic rings. The average molecular weight is 273 g/mol. The maximum absolute atomic E-state index is 8.91. The van der Waals surface area contributed by atoms with E-state index in [1.165, 1.54) is 0 Å². The molecular weight excluding hydrogens is 254 g/mol. The number of oxime groups is 1. The van der Waals surface area contributed by atoms with Gasteiger partial charge < -0.3 is 14.5 Å². The van der Waals surface area contributed by atoms with Crippen molar-refractivity contribution in [2.75, 3.05) is 6.61 Å². The number of benzene rings is 1. The summed E-state index contributed by atoms with van der Waals surface area (Å²) in [4.78, 5) is 4.17. The maximum Gasteiger partial charge on any atom is 0.128 e. The van der Waals surface area contributed by atoms with Gasteiger partial charge in [0.05, 0.1) is 12.3 Å². The summed E-state index contributed by atoms with van der Waals surface area (Å²) in [6.45, 7) is 6.97. The molecule has 5 nitrogen and oxygen atoms in total. The zero-order valence-corrected chi connectivity index (χ0v) is 12.0. The van der Waals surface area contributed by atoms with E-state index in [2.05, 4.69) is 10.1 Å². The second-order valence-electron chi connectivity index (χ2n) is 4.70. The van der Waals surface area contributed by atoms with Gasteiger partial charge in [-0.3, -0.25) is 0 Å². The van der Waals surface area contributed by atoms with Crippen molar-refractivity contribution in [1.29, 1.82) is 0 Å². The van der Waals surface area contributed by atoms with Crippen molar-refractivity contribution < 1.29 is 9.94 Å². The van der Waals surface area contributed by atoms with Crippen molar-refractivity contribution in [1.82, 2.24) is 9.55 Å². The summed E-state index contributed by atoms with van der Waals surface area (Å²) in [5, 5.41) is 12.2. The van der Waals surface area contributed by atoms with Gasteiger partial charge in [-0.2, -0.15) is 0 Å². The standard InChI is InChI=1S/C15H19N3O2/c1-11-4-5-14(12(2)17-19)15(10-11)20-9-8-18-7-6-16-13(18)3/h4-7,10,19H,8-9H2,1-3H3. The normalized spacial score (nSPS) is 11.7. The van der Waals surface area contributed by atoms with E-state index in [0.717, 1.165) is 29.2 Å². The van der Waals surface area contributed by atoms with Gasteiger partial charge in [-0.05, 0) is 38.5 Å². The van der Waals surface area contributed by atoms with E-state index in [1.807, 2.05) is 42.8 Å². The Kier molecular flexibility index (Phi) is 4.40. The zero-order valence-electron chi connectivity index (χ0n) is 12.0. The lowest BCUT2D eigenvalue weighted by Crippen LogP contribution is -2.10. The molecule has 20 heavy (non-hydrogen) atoms. The molecule has 5 heteroatoms. The Morgan fingerprint density at radius 3 is 2.85 bits per heavy atom. The fraction of sp³-hybridized carbons (Fsp3) is 0.333. The summed E-state index contributed by atoms with van der Waals surface area (Å²) in [7, 11) is 0. The highest BCUT2D eigenvalue weighted by Gasteiger charge is 2.08. The monoisotopic (exact) mass is 273 g/mol. The van der Waals surface area contributed by atoms with Gasteiger partial charge in [-0.25, -0.2) is 4.98 Å².